The van der Waals surface area contributed by atoms with Gasteiger partial charge in [0, 0.05) is 18.0 Å². The second kappa shape index (κ2) is 5.45. The van der Waals surface area contributed by atoms with E-state index in [1.165, 1.54) is 10.6 Å². The molecule has 0 fully saturated rings. The Bertz CT molecular complexity index is 408. The first-order valence-electron chi connectivity index (χ1n) is 5.93. The van der Waals surface area contributed by atoms with Crippen LogP contribution in [0.1, 0.15) is 13.8 Å². The third-order valence-electron chi connectivity index (χ3n) is 2.79. The van der Waals surface area contributed by atoms with Gasteiger partial charge in [0.05, 0.1) is 12.3 Å². The van der Waals surface area contributed by atoms with Crippen LogP contribution in [0.4, 0.5) is 5.69 Å². The van der Waals surface area contributed by atoms with Gasteiger partial charge in [-0.15, -0.1) is 11.8 Å². The van der Waals surface area contributed by atoms with Crippen molar-refractivity contribution >= 4 is 23.4 Å². The summed E-state index contributed by atoms with van der Waals surface area (Å²) in [4.78, 5) is 15.2. The highest BCUT2D eigenvalue weighted by Gasteiger charge is 2.29. The van der Waals surface area contributed by atoms with E-state index < -0.39 is 0 Å². The molecule has 0 radical (unpaired) electrons. The lowest BCUT2D eigenvalue weighted by Crippen LogP contribution is -2.39. The van der Waals surface area contributed by atoms with Gasteiger partial charge in [0.2, 0.25) is 0 Å². The summed E-state index contributed by atoms with van der Waals surface area (Å²) in [5.74, 6) is -0.106. The van der Waals surface area contributed by atoms with Gasteiger partial charge in [-0.1, -0.05) is 12.1 Å². The largest absolute Gasteiger partial charge is 0.465 e. The highest BCUT2D eigenvalue weighted by Crippen LogP contribution is 2.38. The summed E-state index contributed by atoms with van der Waals surface area (Å²) in [6, 6.07) is 8.21. The van der Waals surface area contributed by atoms with Crippen LogP contribution in [-0.4, -0.2) is 30.9 Å². The molecule has 1 heterocycles. The molecular formula is C13H17NO2S. The molecule has 0 spiro atoms. The molecule has 1 aromatic carbocycles. The fourth-order valence-electron chi connectivity index (χ4n) is 1.96. The van der Waals surface area contributed by atoms with Crippen molar-refractivity contribution in [1.29, 1.82) is 0 Å². The van der Waals surface area contributed by atoms with Gasteiger partial charge in [-0.05, 0) is 26.0 Å². The summed E-state index contributed by atoms with van der Waals surface area (Å²) in [7, 11) is 0. The van der Waals surface area contributed by atoms with Crippen molar-refractivity contribution in [1.82, 2.24) is 0 Å². The molecule has 3 nitrogen and oxygen atoms in total. The molecule has 1 aliphatic rings. The molecule has 0 aliphatic carbocycles. The summed E-state index contributed by atoms with van der Waals surface area (Å²) in [5, 5.41) is -0.107. The first-order valence-corrected chi connectivity index (χ1v) is 6.81. The number of benzene rings is 1. The first-order chi connectivity index (χ1) is 8.26. The van der Waals surface area contributed by atoms with Gasteiger partial charge in [-0.2, -0.15) is 0 Å². The third-order valence-corrected chi connectivity index (χ3v) is 4.02. The Balaban J connectivity index is 2.21. The lowest BCUT2D eigenvalue weighted by atomic mass is 10.2. The Kier molecular flexibility index (Phi) is 3.94. The number of esters is 1. The molecule has 0 saturated carbocycles. The zero-order valence-corrected chi connectivity index (χ0v) is 11.0. The summed E-state index contributed by atoms with van der Waals surface area (Å²) < 4.78 is 5.10. The van der Waals surface area contributed by atoms with E-state index in [0.717, 1.165) is 13.1 Å². The number of nitrogens with zero attached hydrogens (tertiary/aromatic N) is 1. The highest BCUT2D eigenvalue weighted by atomic mass is 32.2. The quantitative estimate of drug-likeness (QED) is 0.772. The molecule has 0 bridgehead atoms. The average Bonchev–Trinajstić information content (AvgIpc) is 2.37. The maximum Gasteiger partial charge on any atom is 0.321 e. The molecule has 0 N–H and O–H groups in total. The molecule has 2 rings (SSSR count). The summed E-state index contributed by atoms with van der Waals surface area (Å²) in [6.45, 7) is 6.04. The van der Waals surface area contributed by atoms with E-state index in [9.17, 15) is 4.79 Å². The first kappa shape index (κ1) is 12.3. The number of rotatable bonds is 3. The zero-order chi connectivity index (χ0) is 12.3. The monoisotopic (exact) mass is 251 g/mol. The van der Waals surface area contributed by atoms with Crippen LogP contribution in [0, 0.1) is 0 Å². The SMILES string of the molecule is CCOC(=O)C1CN(CC)c2ccccc2S1. The van der Waals surface area contributed by atoms with Crippen molar-refractivity contribution in [3.05, 3.63) is 24.3 Å². The number of hydrogen-bond donors (Lipinski definition) is 0. The van der Waals surface area contributed by atoms with Gasteiger partial charge in [0.15, 0.2) is 0 Å². The van der Waals surface area contributed by atoms with Crippen molar-refractivity contribution < 1.29 is 9.53 Å². The van der Waals surface area contributed by atoms with Gasteiger partial charge in [-0.25, -0.2) is 0 Å². The lowest BCUT2D eigenvalue weighted by molar-refractivity contribution is -0.142. The van der Waals surface area contributed by atoms with E-state index in [1.807, 2.05) is 19.1 Å². The Morgan fingerprint density at radius 3 is 2.94 bits per heavy atom. The van der Waals surface area contributed by atoms with Crippen LogP contribution >= 0.6 is 11.8 Å². The van der Waals surface area contributed by atoms with E-state index in [2.05, 4.69) is 24.0 Å². The number of thioether (sulfide) groups is 1. The predicted molar refractivity (Wildman–Crippen MR) is 70.6 cm³/mol. The molecule has 4 heteroatoms. The number of anilines is 1. The number of carbonyl (C=O) groups excluding carboxylic acids is 1. The Morgan fingerprint density at radius 2 is 2.24 bits per heavy atom. The molecule has 1 atom stereocenters. The molecule has 1 unspecified atom stereocenters. The van der Waals surface area contributed by atoms with Crippen LogP contribution in [-0.2, 0) is 9.53 Å². The van der Waals surface area contributed by atoms with Crippen molar-refractivity contribution in [3.8, 4) is 0 Å². The zero-order valence-electron chi connectivity index (χ0n) is 10.2. The number of para-hydroxylation sites is 1. The standard InChI is InChI=1S/C13H17NO2S/c1-3-14-9-12(13(15)16-4-2)17-11-8-6-5-7-10(11)14/h5-8,12H,3-4,9H2,1-2H3. The minimum atomic E-state index is -0.107. The molecule has 1 aromatic rings. The maximum atomic E-state index is 11.8. The molecular weight excluding hydrogens is 234 g/mol. The molecule has 1 aliphatic heterocycles. The number of hydrogen-bond acceptors (Lipinski definition) is 4. The van der Waals surface area contributed by atoms with E-state index in [0.29, 0.717) is 6.61 Å². The lowest BCUT2D eigenvalue weighted by Gasteiger charge is -2.33. The fraction of sp³-hybridized carbons (Fsp3) is 0.462. The van der Waals surface area contributed by atoms with Gasteiger partial charge in [-0.3, -0.25) is 4.79 Å². The van der Waals surface area contributed by atoms with Crippen LogP contribution < -0.4 is 4.90 Å². The van der Waals surface area contributed by atoms with Crippen molar-refractivity contribution in [2.45, 2.75) is 24.0 Å². The van der Waals surface area contributed by atoms with Crippen LogP contribution in [0.2, 0.25) is 0 Å². The molecule has 0 aromatic heterocycles. The van der Waals surface area contributed by atoms with Gasteiger partial charge < -0.3 is 9.64 Å². The van der Waals surface area contributed by atoms with Gasteiger partial charge >= 0.3 is 5.97 Å². The minimum Gasteiger partial charge on any atom is -0.465 e. The van der Waals surface area contributed by atoms with Gasteiger partial charge in [0.1, 0.15) is 5.25 Å². The highest BCUT2D eigenvalue weighted by molar-refractivity contribution is 8.00. The van der Waals surface area contributed by atoms with E-state index in [-0.39, 0.29) is 11.2 Å². The minimum absolute atomic E-state index is 0.106. The van der Waals surface area contributed by atoms with Crippen LogP contribution in [0.25, 0.3) is 0 Å². The number of ether oxygens (including phenoxy) is 1. The Labute approximate surface area is 106 Å². The summed E-state index contributed by atoms with van der Waals surface area (Å²) in [6.07, 6.45) is 0. The van der Waals surface area contributed by atoms with Crippen LogP contribution in [0.5, 0.6) is 0 Å². The molecule has 92 valence electrons. The summed E-state index contributed by atoms with van der Waals surface area (Å²) in [5.41, 5.74) is 1.22. The van der Waals surface area contributed by atoms with Crippen molar-refractivity contribution in [3.63, 3.8) is 0 Å². The second-order valence-electron chi connectivity index (χ2n) is 3.86. The third kappa shape index (κ3) is 2.57. The smallest absolute Gasteiger partial charge is 0.321 e. The van der Waals surface area contributed by atoms with Crippen LogP contribution in [0.3, 0.4) is 0 Å². The van der Waals surface area contributed by atoms with E-state index in [1.54, 1.807) is 11.8 Å². The Morgan fingerprint density at radius 1 is 1.47 bits per heavy atom. The molecule has 17 heavy (non-hydrogen) atoms. The van der Waals surface area contributed by atoms with Crippen LogP contribution in [0.15, 0.2) is 29.2 Å². The van der Waals surface area contributed by atoms with Crippen molar-refractivity contribution in [2.24, 2.45) is 0 Å². The topological polar surface area (TPSA) is 29.5 Å². The molecule has 0 amide bonds. The summed E-state index contributed by atoms with van der Waals surface area (Å²) >= 11 is 1.61. The second-order valence-corrected chi connectivity index (χ2v) is 5.11. The number of carbonyl (C=O) groups is 1. The predicted octanol–water partition coefficient (Wildman–Crippen LogP) is 2.55. The fourth-order valence-corrected chi connectivity index (χ4v) is 3.16. The maximum absolute atomic E-state index is 11.8. The van der Waals surface area contributed by atoms with E-state index in [4.69, 9.17) is 4.74 Å². The Hall–Kier alpha value is -1.16. The number of fused-ring (bicyclic) bond motifs is 1. The normalized spacial score (nSPS) is 18.7. The van der Waals surface area contributed by atoms with Crippen molar-refractivity contribution in [2.75, 3.05) is 24.6 Å². The van der Waals surface area contributed by atoms with E-state index >= 15 is 0 Å². The average molecular weight is 251 g/mol. The molecule has 0 saturated heterocycles. The van der Waals surface area contributed by atoms with Gasteiger partial charge in [0.25, 0.3) is 0 Å².